The van der Waals surface area contributed by atoms with Crippen molar-refractivity contribution in [3.8, 4) is 5.75 Å². The van der Waals surface area contributed by atoms with Gasteiger partial charge in [-0.05, 0) is 19.1 Å². The van der Waals surface area contributed by atoms with Crippen LogP contribution in [0.15, 0.2) is 47.4 Å². The number of aryl methyl sites for hydroxylation is 1. The van der Waals surface area contributed by atoms with Crippen LogP contribution < -0.4 is 15.8 Å². The Labute approximate surface area is 117 Å². The Bertz CT molecular complexity index is 639. The highest BCUT2D eigenvalue weighted by Crippen LogP contribution is 2.10. The second-order valence-electron chi connectivity index (χ2n) is 4.50. The fourth-order valence-electron chi connectivity index (χ4n) is 1.90. The lowest BCUT2D eigenvalue weighted by atomic mass is 9.79. The fraction of sp³-hybridized carbons (Fsp3) is 0.214. The molecule has 0 amide bonds. The van der Waals surface area contributed by atoms with Gasteiger partial charge in [0, 0.05) is 17.7 Å². The maximum Gasteiger partial charge on any atom is 0.492 e. The van der Waals surface area contributed by atoms with Gasteiger partial charge in [0.2, 0.25) is 0 Å². The molecule has 0 spiro atoms. The Morgan fingerprint density at radius 3 is 2.75 bits per heavy atom. The molecule has 104 valence electrons. The van der Waals surface area contributed by atoms with Gasteiger partial charge in [-0.3, -0.25) is 4.79 Å². The van der Waals surface area contributed by atoms with Crippen LogP contribution in [-0.4, -0.2) is 28.3 Å². The summed E-state index contributed by atoms with van der Waals surface area (Å²) in [5.74, 6) is 0.412. The van der Waals surface area contributed by atoms with Gasteiger partial charge in [-0.2, -0.15) is 0 Å². The predicted octanol–water partition coefficient (Wildman–Crippen LogP) is -0.0845. The van der Waals surface area contributed by atoms with Gasteiger partial charge in [0.05, 0.1) is 6.54 Å². The second-order valence-corrected chi connectivity index (χ2v) is 4.50. The molecular formula is C14H16BNO4. The molecule has 20 heavy (non-hydrogen) atoms. The van der Waals surface area contributed by atoms with Crippen LogP contribution in [-0.2, 0) is 6.54 Å². The molecule has 5 nitrogen and oxygen atoms in total. The van der Waals surface area contributed by atoms with Crippen molar-refractivity contribution in [1.82, 2.24) is 4.57 Å². The zero-order valence-corrected chi connectivity index (χ0v) is 11.2. The molecule has 6 heteroatoms. The Morgan fingerprint density at radius 1 is 1.25 bits per heavy atom. The van der Waals surface area contributed by atoms with E-state index in [2.05, 4.69) is 0 Å². The summed E-state index contributed by atoms with van der Waals surface area (Å²) in [5.41, 5.74) is 1.15. The van der Waals surface area contributed by atoms with Crippen LogP contribution in [0, 0.1) is 6.92 Å². The van der Waals surface area contributed by atoms with Crippen LogP contribution in [0.1, 0.15) is 5.56 Å². The maximum atomic E-state index is 11.5. The zero-order chi connectivity index (χ0) is 14.5. The van der Waals surface area contributed by atoms with Gasteiger partial charge in [-0.15, -0.1) is 0 Å². The first kappa shape index (κ1) is 14.4. The first-order valence-corrected chi connectivity index (χ1v) is 6.33. The van der Waals surface area contributed by atoms with E-state index in [9.17, 15) is 14.8 Å². The Hall–Kier alpha value is -2.05. The van der Waals surface area contributed by atoms with Crippen molar-refractivity contribution in [1.29, 1.82) is 0 Å². The minimum atomic E-state index is -1.58. The number of hydrogen-bond acceptors (Lipinski definition) is 4. The molecular weight excluding hydrogens is 257 g/mol. The van der Waals surface area contributed by atoms with E-state index >= 15 is 0 Å². The van der Waals surface area contributed by atoms with Crippen LogP contribution in [0.2, 0.25) is 0 Å². The van der Waals surface area contributed by atoms with E-state index in [-0.39, 0.29) is 12.2 Å². The number of rotatable bonds is 5. The third-order valence-corrected chi connectivity index (χ3v) is 2.93. The summed E-state index contributed by atoms with van der Waals surface area (Å²) in [6.07, 6.45) is 1.68. The van der Waals surface area contributed by atoms with Crippen LogP contribution >= 0.6 is 0 Å². The van der Waals surface area contributed by atoms with E-state index in [4.69, 9.17) is 4.74 Å². The number of ether oxygens (including phenoxy) is 1. The average Bonchev–Trinajstić information content (AvgIpc) is 2.42. The molecule has 0 saturated heterocycles. The largest absolute Gasteiger partial charge is 0.492 e. The van der Waals surface area contributed by atoms with Gasteiger partial charge in [-0.25, -0.2) is 0 Å². The third kappa shape index (κ3) is 3.49. The van der Waals surface area contributed by atoms with Crippen molar-refractivity contribution < 1.29 is 14.8 Å². The second kappa shape index (κ2) is 6.41. The number of aromatic nitrogens is 1. The summed E-state index contributed by atoms with van der Waals surface area (Å²) in [7, 11) is -1.58. The van der Waals surface area contributed by atoms with Gasteiger partial charge < -0.3 is 19.4 Å². The fourth-order valence-corrected chi connectivity index (χ4v) is 1.90. The lowest BCUT2D eigenvalue weighted by Crippen LogP contribution is -2.32. The quantitative estimate of drug-likeness (QED) is 0.747. The molecule has 2 N–H and O–H groups in total. The Kier molecular flexibility index (Phi) is 4.60. The average molecular weight is 273 g/mol. The lowest BCUT2D eigenvalue weighted by molar-refractivity contribution is 0.297. The molecule has 0 radical (unpaired) electrons. The first-order chi connectivity index (χ1) is 9.58. The minimum absolute atomic E-state index is 0.0950. The van der Waals surface area contributed by atoms with Crippen molar-refractivity contribution in [3.63, 3.8) is 0 Å². The van der Waals surface area contributed by atoms with Crippen molar-refractivity contribution >= 4 is 12.6 Å². The van der Waals surface area contributed by atoms with Crippen molar-refractivity contribution in [2.75, 3.05) is 6.61 Å². The van der Waals surface area contributed by atoms with Crippen molar-refractivity contribution in [2.24, 2.45) is 0 Å². The highest BCUT2D eigenvalue weighted by Gasteiger charge is 2.17. The molecule has 0 aliphatic heterocycles. The van der Waals surface area contributed by atoms with E-state index < -0.39 is 7.12 Å². The molecule has 1 aromatic heterocycles. The molecule has 0 aliphatic carbocycles. The molecule has 1 aromatic carbocycles. The van der Waals surface area contributed by atoms with E-state index in [1.807, 2.05) is 13.0 Å². The van der Waals surface area contributed by atoms with Gasteiger partial charge >= 0.3 is 7.12 Å². The minimum Gasteiger partial charge on any atom is -0.492 e. The normalized spacial score (nSPS) is 10.3. The molecule has 0 fully saturated rings. The smallest absolute Gasteiger partial charge is 0.492 e. The number of pyridine rings is 1. The molecule has 0 unspecified atom stereocenters. The lowest BCUT2D eigenvalue weighted by Gasteiger charge is -2.12. The molecule has 0 atom stereocenters. The summed E-state index contributed by atoms with van der Waals surface area (Å²) in [5, 5.41) is 18.6. The Morgan fingerprint density at radius 2 is 2.05 bits per heavy atom. The van der Waals surface area contributed by atoms with Crippen molar-refractivity contribution in [2.45, 2.75) is 13.5 Å². The van der Waals surface area contributed by atoms with Gasteiger partial charge in [-0.1, -0.05) is 23.8 Å². The zero-order valence-electron chi connectivity index (χ0n) is 11.2. The molecule has 0 saturated carbocycles. The van der Waals surface area contributed by atoms with Crippen LogP contribution in [0.5, 0.6) is 5.75 Å². The van der Waals surface area contributed by atoms with Gasteiger partial charge in [0.15, 0.2) is 0 Å². The first-order valence-electron chi connectivity index (χ1n) is 6.33. The maximum absolute atomic E-state index is 11.5. The highest BCUT2D eigenvalue weighted by molar-refractivity contribution is 6.59. The van der Waals surface area contributed by atoms with Gasteiger partial charge in [0.1, 0.15) is 12.4 Å². The SMILES string of the molecule is Cc1ccc(OCCn2ccccc2=O)c(B(O)O)c1. The van der Waals surface area contributed by atoms with Crippen LogP contribution in [0.4, 0.5) is 0 Å². The summed E-state index contributed by atoms with van der Waals surface area (Å²) in [6.45, 7) is 2.53. The summed E-state index contributed by atoms with van der Waals surface area (Å²) in [6, 6.07) is 10.1. The van der Waals surface area contributed by atoms with E-state index in [1.54, 1.807) is 30.5 Å². The highest BCUT2D eigenvalue weighted by atomic mass is 16.5. The van der Waals surface area contributed by atoms with E-state index in [1.165, 1.54) is 10.6 Å². The molecule has 2 rings (SSSR count). The van der Waals surface area contributed by atoms with Crippen LogP contribution in [0.25, 0.3) is 0 Å². The number of hydrogen-bond donors (Lipinski definition) is 2. The molecule has 0 aliphatic rings. The van der Waals surface area contributed by atoms with Gasteiger partial charge in [0.25, 0.3) is 5.56 Å². The number of benzene rings is 1. The van der Waals surface area contributed by atoms with Crippen LogP contribution in [0.3, 0.4) is 0 Å². The summed E-state index contributed by atoms with van der Waals surface area (Å²) >= 11 is 0. The third-order valence-electron chi connectivity index (χ3n) is 2.93. The van der Waals surface area contributed by atoms with E-state index in [0.29, 0.717) is 17.8 Å². The standard InChI is InChI=1S/C14H16BNO4/c1-11-5-6-13(12(10-11)15(18)19)20-9-8-16-7-3-2-4-14(16)17/h2-7,10,18-19H,8-9H2,1H3. The molecule has 0 bridgehead atoms. The van der Waals surface area contributed by atoms with E-state index in [0.717, 1.165) is 5.56 Å². The topological polar surface area (TPSA) is 71.7 Å². The Balaban J connectivity index is 2.05. The van der Waals surface area contributed by atoms with Crippen molar-refractivity contribution in [3.05, 3.63) is 58.5 Å². The predicted molar refractivity (Wildman–Crippen MR) is 77.2 cm³/mol. The summed E-state index contributed by atoms with van der Waals surface area (Å²) in [4.78, 5) is 11.5. The molecule has 1 heterocycles. The number of nitrogens with zero attached hydrogens (tertiary/aromatic N) is 1. The molecule has 2 aromatic rings. The monoisotopic (exact) mass is 273 g/mol. The summed E-state index contributed by atoms with van der Waals surface area (Å²) < 4.78 is 7.06.